The maximum atomic E-state index is 12.5. The van der Waals surface area contributed by atoms with Crippen LogP contribution in [0.4, 0.5) is 0 Å². The van der Waals surface area contributed by atoms with Crippen molar-refractivity contribution in [1.82, 2.24) is 9.62 Å². The number of nitrogens with zero attached hydrogens (tertiary/aromatic N) is 1. The number of benzene rings is 1. The molecule has 0 radical (unpaired) electrons. The van der Waals surface area contributed by atoms with Crippen LogP contribution in [0.5, 0.6) is 0 Å². The summed E-state index contributed by atoms with van der Waals surface area (Å²) >= 11 is 0. The van der Waals surface area contributed by atoms with Crippen LogP contribution in [0, 0.1) is 0 Å². The third-order valence-corrected chi connectivity index (χ3v) is 5.66. The van der Waals surface area contributed by atoms with Gasteiger partial charge in [0.25, 0.3) is 0 Å². The lowest BCUT2D eigenvalue weighted by Gasteiger charge is -2.31. The molecule has 0 unspecified atom stereocenters. The normalized spacial score (nSPS) is 16.9. The van der Waals surface area contributed by atoms with Crippen molar-refractivity contribution in [3.8, 4) is 0 Å². The fourth-order valence-corrected chi connectivity index (χ4v) is 4.17. The first-order valence-corrected chi connectivity index (χ1v) is 9.96. The molecule has 2 rings (SSSR count). The molecule has 1 saturated heterocycles. The number of sulfonamides is 1. The van der Waals surface area contributed by atoms with Gasteiger partial charge in [0.2, 0.25) is 10.0 Å². The highest BCUT2D eigenvalue weighted by atomic mass is 32.2. The lowest BCUT2D eigenvalue weighted by Crippen LogP contribution is -2.44. The minimum Gasteiger partial charge on any atom is -0.462 e. The minimum atomic E-state index is -3.57. The third kappa shape index (κ3) is 5.03. The fourth-order valence-electron chi connectivity index (χ4n) is 2.86. The van der Waals surface area contributed by atoms with Crippen LogP contribution >= 0.6 is 0 Å². The second-order valence-corrected chi connectivity index (χ2v) is 7.70. The Labute approximate surface area is 144 Å². The summed E-state index contributed by atoms with van der Waals surface area (Å²) in [5, 5.41) is 0. The van der Waals surface area contributed by atoms with E-state index in [4.69, 9.17) is 4.74 Å². The largest absolute Gasteiger partial charge is 0.462 e. The molecule has 0 bridgehead atoms. The van der Waals surface area contributed by atoms with Crippen LogP contribution < -0.4 is 4.72 Å². The number of carbonyl (C=O) groups is 1. The number of hydrogen-bond acceptors (Lipinski definition) is 5. The van der Waals surface area contributed by atoms with E-state index in [2.05, 4.69) is 16.5 Å². The van der Waals surface area contributed by atoms with Crippen LogP contribution in [0.3, 0.4) is 0 Å². The number of ether oxygens (including phenoxy) is 1. The first kappa shape index (κ1) is 18.9. The van der Waals surface area contributed by atoms with Gasteiger partial charge in [0, 0.05) is 6.04 Å². The molecule has 1 aliphatic heterocycles. The molecular weight excluding hydrogens is 328 g/mol. The topological polar surface area (TPSA) is 75.7 Å². The van der Waals surface area contributed by atoms with Crippen LogP contribution in [0.2, 0.25) is 0 Å². The van der Waals surface area contributed by atoms with Gasteiger partial charge in [0.1, 0.15) is 0 Å². The molecule has 134 valence electrons. The molecule has 1 N–H and O–H groups in total. The molecule has 1 aromatic carbocycles. The van der Waals surface area contributed by atoms with Crippen LogP contribution in [0.25, 0.3) is 0 Å². The number of likely N-dealkylation sites (tertiary alicyclic amines) is 1. The maximum absolute atomic E-state index is 12.5. The average molecular weight is 354 g/mol. The maximum Gasteiger partial charge on any atom is 0.338 e. The molecule has 1 aliphatic rings. The van der Waals surface area contributed by atoms with Gasteiger partial charge in [-0.15, -0.1) is 0 Å². The van der Waals surface area contributed by atoms with Crippen molar-refractivity contribution >= 4 is 16.0 Å². The van der Waals surface area contributed by atoms with Crippen molar-refractivity contribution in [3.63, 3.8) is 0 Å². The molecule has 24 heavy (non-hydrogen) atoms. The average Bonchev–Trinajstić information content (AvgIpc) is 2.57. The van der Waals surface area contributed by atoms with Crippen LogP contribution in [-0.4, -0.2) is 51.6 Å². The van der Waals surface area contributed by atoms with Gasteiger partial charge in [-0.25, -0.2) is 17.9 Å². The molecule has 1 aromatic rings. The molecule has 0 saturated carbocycles. The fraction of sp³-hybridized carbons (Fsp3) is 0.588. The van der Waals surface area contributed by atoms with Gasteiger partial charge in [-0.1, -0.05) is 6.92 Å². The van der Waals surface area contributed by atoms with E-state index in [1.807, 2.05) is 0 Å². The van der Waals surface area contributed by atoms with Gasteiger partial charge < -0.3 is 9.64 Å². The summed E-state index contributed by atoms with van der Waals surface area (Å²) < 4.78 is 32.6. The molecule has 0 aliphatic carbocycles. The second-order valence-electron chi connectivity index (χ2n) is 5.98. The number of hydrogen-bond donors (Lipinski definition) is 1. The highest BCUT2D eigenvalue weighted by Crippen LogP contribution is 2.16. The predicted molar refractivity (Wildman–Crippen MR) is 92.5 cm³/mol. The zero-order chi connectivity index (χ0) is 17.6. The summed E-state index contributed by atoms with van der Waals surface area (Å²) in [6, 6.07) is 5.82. The van der Waals surface area contributed by atoms with Crippen LogP contribution in [0.1, 0.15) is 43.5 Å². The molecule has 1 heterocycles. The summed E-state index contributed by atoms with van der Waals surface area (Å²) in [6.07, 6.45) is 2.75. The van der Waals surface area contributed by atoms with Gasteiger partial charge in [0.15, 0.2) is 0 Å². The Morgan fingerprint density at radius 1 is 1.21 bits per heavy atom. The number of piperidine rings is 1. The summed E-state index contributed by atoms with van der Waals surface area (Å²) in [5.41, 5.74) is 0.351. The standard InChI is InChI=1S/C17H26N2O4S/c1-3-11-19-12-9-15(10-13-19)18-24(21,22)16-7-5-14(6-8-16)17(20)23-4-2/h5-8,15,18H,3-4,9-13H2,1-2H3. The first-order valence-electron chi connectivity index (χ1n) is 8.48. The van der Waals surface area contributed by atoms with E-state index >= 15 is 0 Å². The lowest BCUT2D eigenvalue weighted by molar-refractivity contribution is 0.0526. The molecular formula is C17H26N2O4S. The first-order chi connectivity index (χ1) is 11.5. The van der Waals surface area contributed by atoms with E-state index in [1.54, 1.807) is 6.92 Å². The zero-order valence-electron chi connectivity index (χ0n) is 14.3. The Morgan fingerprint density at radius 3 is 2.38 bits per heavy atom. The zero-order valence-corrected chi connectivity index (χ0v) is 15.1. The Balaban J connectivity index is 1.97. The Kier molecular flexibility index (Phi) is 6.77. The Bertz CT molecular complexity index is 635. The van der Waals surface area contributed by atoms with Gasteiger partial charge >= 0.3 is 5.97 Å². The third-order valence-electron chi connectivity index (χ3n) is 4.12. The quantitative estimate of drug-likeness (QED) is 0.758. The van der Waals surface area contributed by atoms with E-state index < -0.39 is 16.0 Å². The molecule has 0 spiro atoms. The Morgan fingerprint density at radius 2 is 1.83 bits per heavy atom. The van der Waals surface area contributed by atoms with Crippen molar-refractivity contribution in [2.75, 3.05) is 26.2 Å². The smallest absolute Gasteiger partial charge is 0.338 e. The number of carbonyl (C=O) groups excluding carboxylic acids is 1. The number of esters is 1. The molecule has 1 fully saturated rings. The van der Waals surface area contributed by atoms with Crippen LogP contribution in [-0.2, 0) is 14.8 Å². The van der Waals surface area contributed by atoms with Crippen molar-refractivity contribution in [3.05, 3.63) is 29.8 Å². The van der Waals surface area contributed by atoms with Gasteiger partial charge in [-0.3, -0.25) is 0 Å². The van der Waals surface area contributed by atoms with Crippen molar-refractivity contribution in [2.45, 2.75) is 44.0 Å². The number of nitrogens with one attached hydrogen (secondary N) is 1. The van der Waals surface area contributed by atoms with Gasteiger partial charge in [0.05, 0.1) is 17.1 Å². The Hall–Kier alpha value is -1.44. The van der Waals surface area contributed by atoms with Crippen molar-refractivity contribution in [2.24, 2.45) is 0 Å². The highest BCUT2D eigenvalue weighted by Gasteiger charge is 2.24. The molecule has 7 heteroatoms. The highest BCUT2D eigenvalue weighted by molar-refractivity contribution is 7.89. The molecule has 0 aromatic heterocycles. The van der Waals surface area contributed by atoms with Crippen LogP contribution in [0.15, 0.2) is 29.2 Å². The number of rotatable bonds is 7. The minimum absolute atomic E-state index is 0.0344. The van der Waals surface area contributed by atoms with E-state index in [1.165, 1.54) is 24.3 Å². The summed E-state index contributed by atoms with van der Waals surface area (Å²) in [5.74, 6) is -0.447. The van der Waals surface area contributed by atoms with E-state index in [-0.39, 0.29) is 17.5 Å². The lowest BCUT2D eigenvalue weighted by atomic mass is 10.1. The summed E-state index contributed by atoms with van der Waals surface area (Å²) in [4.78, 5) is 14.1. The van der Waals surface area contributed by atoms with Crippen molar-refractivity contribution < 1.29 is 17.9 Å². The SMILES string of the molecule is CCCN1CCC(NS(=O)(=O)c2ccc(C(=O)OCC)cc2)CC1. The molecule has 6 nitrogen and oxygen atoms in total. The van der Waals surface area contributed by atoms with E-state index in [0.717, 1.165) is 38.9 Å². The second kappa shape index (κ2) is 8.60. The summed E-state index contributed by atoms with van der Waals surface area (Å²) in [7, 11) is -3.57. The van der Waals surface area contributed by atoms with E-state index in [0.29, 0.717) is 5.56 Å². The van der Waals surface area contributed by atoms with Crippen molar-refractivity contribution in [1.29, 1.82) is 0 Å². The summed E-state index contributed by atoms with van der Waals surface area (Å²) in [6.45, 7) is 7.07. The van der Waals surface area contributed by atoms with E-state index in [9.17, 15) is 13.2 Å². The monoisotopic (exact) mass is 354 g/mol. The van der Waals surface area contributed by atoms with Gasteiger partial charge in [-0.2, -0.15) is 0 Å². The predicted octanol–water partition coefficient (Wildman–Crippen LogP) is 2.02. The molecule has 0 atom stereocenters. The molecule has 0 amide bonds. The van der Waals surface area contributed by atoms with Gasteiger partial charge in [-0.05, 0) is 70.1 Å².